The fourth-order valence-electron chi connectivity index (χ4n) is 1.71. The molecule has 74 valence electrons. The van der Waals surface area contributed by atoms with Gasteiger partial charge in [0.25, 0.3) is 0 Å². The predicted molar refractivity (Wildman–Crippen MR) is 56.0 cm³/mol. The summed E-state index contributed by atoms with van der Waals surface area (Å²) in [5.41, 5.74) is 2.01. The van der Waals surface area contributed by atoms with Gasteiger partial charge in [-0.3, -0.25) is 0 Å². The van der Waals surface area contributed by atoms with Gasteiger partial charge in [0.2, 0.25) is 0 Å². The summed E-state index contributed by atoms with van der Waals surface area (Å²) in [5, 5.41) is 9.99. The second kappa shape index (κ2) is 2.82. The quantitative estimate of drug-likeness (QED) is 0.744. The Kier molecular flexibility index (Phi) is 1.86. The van der Waals surface area contributed by atoms with Crippen molar-refractivity contribution in [2.75, 3.05) is 0 Å². The lowest BCUT2D eigenvalue weighted by atomic mass is 9.97. The first-order valence-corrected chi connectivity index (χ1v) is 4.63. The fraction of sp³-hybridized carbons (Fsp3) is 0.364. The van der Waals surface area contributed by atoms with Gasteiger partial charge in [-0.05, 0) is 19.9 Å². The highest BCUT2D eigenvalue weighted by Gasteiger charge is 2.20. The molecule has 0 saturated heterocycles. The molecule has 3 nitrogen and oxygen atoms in total. The number of aromatic nitrogens is 2. The minimum absolute atomic E-state index is 0.826. The number of imidazole rings is 1. The molecule has 0 bridgehead atoms. The van der Waals surface area contributed by atoms with Crippen LogP contribution in [0.4, 0.5) is 0 Å². The Balaban J connectivity index is 2.82. The molecule has 3 heteroatoms. The van der Waals surface area contributed by atoms with Crippen molar-refractivity contribution in [3.05, 3.63) is 30.1 Å². The molecule has 2 rings (SSSR count). The van der Waals surface area contributed by atoms with Crippen LogP contribution in [0.15, 0.2) is 24.5 Å². The molecule has 14 heavy (non-hydrogen) atoms. The number of aryl methyl sites for hydroxylation is 1. The van der Waals surface area contributed by atoms with E-state index in [2.05, 4.69) is 4.98 Å². The van der Waals surface area contributed by atoms with E-state index in [1.54, 1.807) is 20.2 Å². The lowest BCUT2D eigenvalue weighted by Gasteiger charge is -2.19. The van der Waals surface area contributed by atoms with Gasteiger partial charge in [-0.2, -0.15) is 0 Å². The van der Waals surface area contributed by atoms with Gasteiger partial charge < -0.3 is 9.67 Å². The molecule has 0 aliphatic carbocycles. The van der Waals surface area contributed by atoms with Crippen LogP contribution in [-0.2, 0) is 12.6 Å². The molecule has 1 heterocycles. The highest BCUT2D eigenvalue weighted by molar-refractivity contribution is 5.79. The Morgan fingerprint density at radius 3 is 2.71 bits per heavy atom. The van der Waals surface area contributed by atoms with Crippen molar-refractivity contribution in [3.8, 4) is 0 Å². The first-order chi connectivity index (χ1) is 6.50. The Bertz CT molecular complexity index is 466. The highest BCUT2D eigenvalue weighted by atomic mass is 16.3. The SMILES string of the molecule is Cn1cnc2cccc(C(C)(C)O)c21. The molecule has 0 aliphatic rings. The van der Waals surface area contributed by atoms with E-state index < -0.39 is 5.60 Å². The first kappa shape index (κ1) is 9.21. The van der Waals surface area contributed by atoms with Crippen LogP contribution in [0.3, 0.4) is 0 Å². The van der Waals surface area contributed by atoms with Gasteiger partial charge in [0.15, 0.2) is 0 Å². The molecule has 0 fully saturated rings. The van der Waals surface area contributed by atoms with Crippen LogP contribution in [0.25, 0.3) is 11.0 Å². The van der Waals surface area contributed by atoms with E-state index in [0.29, 0.717) is 0 Å². The van der Waals surface area contributed by atoms with Crippen LogP contribution >= 0.6 is 0 Å². The van der Waals surface area contributed by atoms with E-state index >= 15 is 0 Å². The smallest absolute Gasteiger partial charge is 0.0955 e. The number of nitrogens with zero attached hydrogens (tertiary/aromatic N) is 2. The molecule has 0 radical (unpaired) electrons. The summed E-state index contributed by atoms with van der Waals surface area (Å²) in [5.74, 6) is 0. The minimum Gasteiger partial charge on any atom is -0.386 e. The molecule has 1 N–H and O–H groups in total. The van der Waals surface area contributed by atoms with Crippen LogP contribution in [-0.4, -0.2) is 14.7 Å². The largest absolute Gasteiger partial charge is 0.386 e. The van der Waals surface area contributed by atoms with Crippen molar-refractivity contribution in [1.29, 1.82) is 0 Å². The third-order valence-electron chi connectivity index (χ3n) is 2.40. The maximum absolute atomic E-state index is 9.99. The van der Waals surface area contributed by atoms with Gasteiger partial charge in [-0.25, -0.2) is 4.98 Å². The Labute approximate surface area is 83.0 Å². The first-order valence-electron chi connectivity index (χ1n) is 4.63. The van der Waals surface area contributed by atoms with Gasteiger partial charge in [-0.1, -0.05) is 12.1 Å². The lowest BCUT2D eigenvalue weighted by Crippen LogP contribution is -2.16. The molecule has 2 aromatic rings. The van der Waals surface area contributed by atoms with Crippen LogP contribution in [0.1, 0.15) is 19.4 Å². The Morgan fingerprint density at radius 2 is 2.07 bits per heavy atom. The Hall–Kier alpha value is -1.35. The lowest BCUT2D eigenvalue weighted by molar-refractivity contribution is 0.0798. The number of rotatable bonds is 1. The molecular formula is C11H14N2O. The van der Waals surface area contributed by atoms with E-state index in [1.165, 1.54) is 0 Å². The van der Waals surface area contributed by atoms with Crippen molar-refractivity contribution in [3.63, 3.8) is 0 Å². The zero-order chi connectivity index (χ0) is 10.3. The number of fused-ring (bicyclic) bond motifs is 1. The standard InChI is InChI=1S/C11H14N2O/c1-11(2,14)8-5-4-6-9-10(8)13(3)7-12-9/h4-7,14H,1-3H3. The van der Waals surface area contributed by atoms with Crippen LogP contribution in [0.2, 0.25) is 0 Å². The van der Waals surface area contributed by atoms with Gasteiger partial charge in [0.05, 0.1) is 23.0 Å². The average Bonchev–Trinajstić information content (AvgIpc) is 2.46. The van der Waals surface area contributed by atoms with E-state index in [1.807, 2.05) is 29.8 Å². The molecule has 1 aromatic carbocycles. The second-order valence-corrected chi connectivity index (χ2v) is 4.09. The summed E-state index contributed by atoms with van der Waals surface area (Å²) in [6, 6.07) is 5.80. The van der Waals surface area contributed by atoms with Gasteiger partial charge in [0.1, 0.15) is 0 Å². The summed E-state index contributed by atoms with van der Waals surface area (Å²) < 4.78 is 1.93. The molecule has 0 amide bonds. The van der Waals surface area contributed by atoms with Gasteiger partial charge >= 0.3 is 0 Å². The van der Waals surface area contributed by atoms with E-state index in [-0.39, 0.29) is 0 Å². The molecule has 0 atom stereocenters. The monoisotopic (exact) mass is 190 g/mol. The maximum atomic E-state index is 9.99. The van der Waals surface area contributed by atoms with Crippen LogP contribution in [0.5, 0.6) is 0 Å². The average molecular weight is 190 g/mol. The normalized spacial score (nSPS) is 12.3. The zero-order valence-corrected chi connectivity index (χ0v) is 8.65. The number of benzene rings is 1. The molecule has 1 aromatic heterocycles. The second-order valence-electron chi connectivity index (χ2n) is 4.09. The Morgan fingerprint density at radius 1 is 1.36 bits per heavy atom. The zero-order valence-electron chi connectivity index (χ0n) is 8.65. The molecule has 0 aliphatic heterocycles. The van der Waals surface area contributed by atoms with Gasteiger partial charge in [-0.15, -0.1) is 0 Å². The molecular weight excluding hydrogens is 176 g/mol. The van der Waals surface area contributed by atoms with Crippen molar-refractivity contribution in [2.24, 2.45) is 7.05 Å². The molecule has 0 spiro atoms. The van der Waals surface area contributed by atoms with Crippen molar-refractivity contribution in [2.45, 2.75) is 19.4 Å². The summed E-state index contributed by atoms with van der Waals surface area (Å²) in [6.45, 7) is 3.57. The predicted octanol–water partition coefficient (Wildman–Crippen LogP) is 1.80. The highest BCUT2D eigenvalue weighted by Crippen LogP contribution is 2.27. The summed E-state index contributed by atoms with van der Waals surface area (Å²) >= 11 is 0. The topological polar surface area (TPSA) is 38.0 Å². The third kappa shape index (κ3) is 1.30. The molecule has 0 saturated carbocycles. The number of aliphatic hydroxyl groups is 1. The summed E-state index contributed by atoms with van der Waals surface area (Å²) in [4.78, 5) is 4.24. The van der Waals surface area contributed by atoms with Crippen LogP contribution in [0, 0.1) is 0 Å². The van der Waals surface area contributed by atoms with Crippen molar-refractivity contribution < 1.29 is 5.11 Å². The van der Waals surface area contributed by atoms with Crippen molar-refractivity contribution in [1.82, 2.24) is 9.55 Å². The van der Waals surface area contributed by atoms with Crippen LogP contribution < -0.4 is 0 Å². The summed E-state index contributed by atoms with van der Waals surface area (Å²) in [6.07, 6.45) is 1.76. The number of hydrogen-bond donors (Lipinski definition) is 1. The number of hydrogen-bond acceptors (Lipinski definition) is 2. The maximum Gasteiger partial charge on any atom is 0.0955 e. The fourth-order valence-corrected chi connectivity index (χ4v) is 1.71. The van der Waals surface area contributed by atoms with E-state index in [9.17, 15) is 5.11 Å². The minimum atomic E-state index is -0.826. The van der Waals surface area contributed by atoms with E-state index in [4.69, 9.17) is 0 Å². The van der Waals surface area contributed by atoms with Gasteiger partial charge in [0, 0.05) is 12.6 Å². The van der Waals surface area contributed by atoms with Crippen molar-refractivity contribution >= 4 is 11.0 Å². The number of para-hydroxylation sites is 1. The third-order valence-corrected chi connectivity index (χ3v) is 2.40. The van der Waals surface area contributed by atoms with E-state index in [0.717, 1.165) is 16.6 Å². The summed E-state index contributed by atoms with van der Waals surface area (Å²) in [7, 11) is 1.94. The molecule has 0 unspecified atom stereocenters.